The number of nitrogens with zero attached hydrogens (tertiary/aromatic N) is 3. The molecule has 0 aromatic heterocycles. The van der Waals surface area contributed by atoms with Gasteiger partial charge >= 0.3 is 12.2 Å². The molecule has 0 rings (SSSR count). The first kappa shape index (κ1) is 22.6. The van der Waals surface area contributed by atoms with Gasteiger partial charge in [0.2, 0.25) is 0 Å². The molecule has 0 heterocycles. The van der Waals surface area contributed by atoms with Crippen molar-refractivity contribution in [3.05, 3.63) is 11.4 Å². The highest BCUT2D eigenvalue weighted by molar-refractivity contribution is 5.74. The molecule has 0 aromatic carbocycles. The first-order chi connectivity index (χ1) is 11.7. The average Bonchev–Trinajstić information content (AvgIpc) is 2.46. The van der Waals surface area contributed by atoms with E-state index in [1.165, 1.54) is 12.1 Å². The number of rotatable bonds is 3. The van der Waals surface area contributed by atoms with Gasteiger partial charge in [-0.1, -0.05) is 0 Å². The van der Waals surface area contributed by atoms with Gasteiger partial charge in [-0.05, 0) is 41.5 Å². The van der Waals surface area contributed by atoms with Gasteiger partial charge in [0, 0.05) is 0 Å². The second kappa shape index (κ2) is 8.09. The third-order valence-electron chi connectivity index (χ3n) is 2.43. The van der Waals surface area contributed by atoms with E-state index in [4.69, 9.17) is 15.2 Å². The molecule has 0 saturated heterocycles. The highest BCUT2D eigenvalue weighted by Gasteiger charge is 2.40. The Morgan fingerprint density at radius 2 is 1.31 bits per heavy atom. The molecule has 140 valence electrons. The lowest BCUT2D eigenvalue weighted by Crippen LogP contribution is -2.52. The van der Waals surface area contributed by atoms with Gasteiger partial charge in [0.25, 0.3) is 5.54 Å². The van der Waals surface area contributed by atoms with Crippen molar-refractivity contribution in [2.75, 3.05) is 0 Å². The standard InChI is InChI=1S/C16H22N6O4/c1-14(2,3)25-12(23)21-10(7-17)11(20)16(8-18,9-19)22-13(24)26-15(4,5)6/h20H2,1-6H3,(H,21,23)(H,22,24)/b11-10+. The number of allylic oxidation sites excluding steroid dienone is 1. The highest BCUT2D eigenvalue weighted by Crippen LogP contribution is 2.16. The Labute approximate surface area is 152 Å². The summed E-state index contributed by atoms with van der Waals surface area (Å²) in [7, 11) is 0. The van der Waals surface area contributed by atoms with Crippen LogP contribution in [0.3, 0.4) is 0 Å². The van der Waals surface area contributed by atoms with Crippen molar-refractivity contribution >= 4 is 12.2 Å². The number of nitriles is 3. The van der Waals surface area contributed by atoms with Gasteiger partial charge in [0.1, 0.15) is 35.1 Å². The number of carbonyl (C=O) groups is 2. The summed E-state index contributed by atoms with van der Waals surface area (Å²) in [5, 5.41) is 32.0. The quantitative estimate of drug-likeness (QED) is 0.633. The Balaban J connectivity index is 5.75. The lowest BCUT2D eigenvalue weighted by molar-refractivity contribution is 0.0506. The van der Waals surface area contributed by atoms with Crippen LogP contribution in [0.2, 0.25) is 0 Å². The first-order valence-electron chi connectivity index (χ1n) is 7.43. The zero-order valence-corrected chi connectivity index (χ0v) is 15.6. The highest BCUT2D eigenvalue weighted by atomic mass is 16.6. The van der Waals surface area contributed by atoms with Gasteiger partial charge in [0.15, 0.2) is 0 Å². The number of nitrogens with two attached hydrogens (primary N) is 1. The minimum Gasteiger partial charge on any atom is -0.444 e. The van der Waals surface area contributed by atoms with E-state index < -0.39 is 40.3 Å². The Hall–Kier alpha value is -3.45. The number of hydrogen-bond acceptors (Lipinski definition) is 8. The van der Waals surface area contributed by atoms with Crippen LogP contribution in [0.15, 0.2) is 11.4 Å². The summed E-state index contributed by atoms with van der Waals surface area (Å²) >= 11 is 0. The third-order valence-corrected chi connectivity index (χ3v) is 2.43. The van der Waals surface area contributed by atoms with E-state index in [2.05, 4.69) is 5.32 Å². The minimum absolute atomic E-state index is 0.613. The summed E-state index contributed by atoms with van der Waals surface area (Å²) in [6, 6.07) is 4.60. The van der Waals surface area contributed by atoms with Gasteiger partial charge in [-0.15, -0.1) is 0 Å². The SMILES string of the molecule is CC(C)(C)OC(=O)N/C(C#N)=C(/N)C(C#N)(C#N)NC(=O)OC(C)(C)C. The Bertz CT molecular complexity index is 708. The van der Waals surface area contributed by atoms with E-state index in [-0.39, 0.29) is 0 Å². The fourth-order valence-electron chi connectivity index (χ4n) is 1.47. The van der Waals surface area contributed by atoms with Crippen molar-refractivity contribution < 1.29 is 19.1 Å². The number of amides is 2. The van der Waals surface area contributed by atoms with Crippen LogP contribution in [0, 0.1) is 34.0 Å². The summed E-state index contributed by atoms with van der Waals surface area (Å²) < 4.78 is 9.96. The Morgan fingerprint density at radius 3 is 1.65 bits per heavy atom. The van der Waals surface area contributed by atoms with Crippen LogP contribution in [0.4, 0.5) is 9.59 Å². The second-order valence-corrected chi connectivity index (χ2v) is 7.13. The van der Waals surface area contributed by atoms with Crippen LogP contribution in [-0.2, 0) is 9.47 Å². The smallest absolute Gasteiger partial charge is 0.412 e. The van der Waals surface area contributed by atoms with Gasteiger partial charge in [-0.25, -0.2) is 9.59 Å². The molecule has 0 aliphatic heterocycles. The van der Waals surface area contributed by atoms with E-state index in [1.807, 2.05) is 5.32 Å². The van der Waals surface area contributed by atoms with E-state index in [0.717, 1.165) is 0 Å². The van der Waals surface area contributed by atoms with Gasteiger partial charge in [-0.3, -0.25) is 10.6 Å². The van der Waals surface area contributed by atoms with Crippen LogP contribution in [0.1, 0.15) is 41.5 Å². The molecule has 0 radical (unpaired) electrons. The molecule has 0 bridgehead atoms. The van der Waals surface area contributed by atoms with Crippen LogP contribution < -0.4 is 16.4 Å². The molecule has 0 spiro atoms. The van der Waals surface area contributed by atoms with Gasteiger partial charge < -0.3 is 15.2 Å². The topological polar surface area (TPSA) is 174 Å². The lowest BCUT2D eigenvalue weighted by Gasteiger charge is -2.25. The summed E-state index contributed by atoms with van der Waals surface area (Å²) in [6.07, 6.45) is -2.11. The zero-order valence-electron chi connectivity index (χ0n) is 15.6. The van der Waals surface area contributed by atoms with Crippen molar-refractivity contribution in [3.8, 4) is 18.2 Å². The van der Waals surface area contributed by atoms with Gasteiger partial charge in [0.05, 0.1) is 5.70 Å². The number of carbonyl (C=O) groups excluding carboxylic acids is 2. The van der Waals surface area contributed by atoms with E-state index >= 15 is 0 Å². The van der Waals surface area contributed by atoms with E-state index in [9.17, 15) is 25.4 Å². The molecule has 0 atom stereocenters. The van der Waals surface area contributed by atoms with Crippen molar-refractivity contribution in [3.63, 3.8) is 0 Å². The largest absolute Gasteiger partial charge is 0.444 e. The molecule has 0 unspecified atom stereocenters. The second-order valence-electron chi connectivity index (χ2n) is 7.13. The fraction of sp³-hybridized carbons (Fsp3) is 0.562. The van der Waals surface area contributed by atoms with Crippen molar-refractivity contribution in [2.45, 2.75) is 58.3 Å². The molecule has 0 fully saturated rings. The van der Waals surface area contributed by atoms with E-state index in [0.29, 0.717) is 0 Å². The molecule has 0 aliphatic carbocycles. The minimum atomic E-state index is -2.43. The summed E-state index contributed by atoms with van der Waals surface area (Å²) in [6.45, 7) is 9.55. The molecule has 4 N–H and O–H groups in total. The number of alkyl carbamates (subject to hydrolysis) is 2. The maximum absolute atomic E-state index is 11.9. The van der Waals surface area contributed by atoms with Crippen LogP contribution >= 0.6 is 0 Å². The predicted molar refractivity (Wildman–Crippen MR) is 89.5 cm³/mol. The van der Waals surface area contributed by atoms with Crippen molar-refractivity contribution in [2.24, 2.45) is 5.73 Å². The van der Waals surface area contributed by atoms with Crippen LogP contribution in [-0.4, -0.2) is 28.9 Å². The molecule has 0 aromatic rings. The maximum atomic E-state index is 11.9. The summed E-state index contributed by atoms with van der Waals surface area (Å²) in [5.74, 6) is 0. The van der Waals surface area contributed by atoms with Gasteiger partial charge in [-0.2, -0.15) is 15.8 Å². The molecule has 26 heavy (non-hydrogen) atoms. The van der Waals surface area contributed by atoms with Crippen molar-refractivity contribution in [1.82, 2.24) is 10.6 Å². The lowest BCUT2D eigenvalue weighted by atomic mass is 9.98. The molecule has 2 amide bonds. The Morgan fingerprint density at radius 1 is 0.885 bits per heavy atom. The predicted octanol–water partition coefficient (Wildman–Crippen LogP) is 1.52. The summed E-state index contributed by atoms with van der Waals surface area (Å²) in [4.78, 5) is 23.7. The number of hydrogen-bond donors (Lipinski definition) is 3. The number of ether oxygens (including phenoxy) is 2. The van der Waals surface area contributed by atoms with Crippen LogP contribution in [0.25, 0.3) is 0 Å². The molecule has 0 saturated carbocycles. The molecule has 0 aliphatic rings. The summed E-state index contributed by atoms with van der Waals surface area (Å²) in [5.41, 5.74) is 0.256. The molecular formula is C16H22N6O4. The molecular weight excluding hydrogens is 340 g/mol. The van der Waals surface area contributed by atoms with Crippen LogP contribution in [0.5, 0.6) is 0 Å². The molecule has 10 nitrogen and oxygen atoms in total. The average molecular weight is 362 g/mol. The molecule has 10 heteroatoms. The Kier molecular flexibility index (Phi) is 7.01. The first-order valence-corrected chi connectivity index (χ1v) is 7.43. The maximum Gasteiger partial charge on any atom is 0.412 e. The fourth-order valence-corrected chi connectivity index (χ4v) is 1.47. The monoisotopic (exact) mass is 362 g/mol. The normalized spacial score (nSPS) is 12.4. The number of nitrogens with one attached hydrogen (secondary N) is 2. The van der Waals surface area contributed by atoms with E-state index in [1.54, 1.807) is 47.6 Å². The zero-order chi connectivity index (χ0) is 20.8. The third kappa shape index (κ3) is 6.98. The van der Waals surface area contributed by atoms with Crippen molar-refractivity contribution in [1.29, 1.82) is 15.8 Å².